The standard InChI is InChI=1S/C10H16OSi/c1-9(11-12(2)3)10-7-5-4-6-8-10/h4-9,12H,1-3H3. The molecule has 0 N–H and O–H groups in total. The summed E-state index contributed by atoms with van der Waals surface area (Å²) in [6.07, 6.45) is 0.262. The minimum absolute atomic E-state index is 0.262. The Kier molecular flexibility index (Phi) is 3.50. The molecule has 0 bridgehead atoms. The van der Waals surface area contributed by atoms with Crippen LogP contribution in [0.4, 0.5) is 0 Å². The summed E-state index contributed by atoms with van der Waals surface area (Å²) in [6, 6.07) is 10.4. The van der Waals surface area contributed by atoms with Crippen molar-refractivity contribution in [1.29, 1.82) is 0 Å². The Labute approximate surface area is 76.1 Å². The Morgan fingerprint density at radius 3 is 2.25 bits per heavy atom. The van der Waals surface area contributed by atoms with Gasteiger partial charge in [0, 0.05) is 0 Å². The van der Waals surface area contributed by atoms with Crippen LogP contribution < -0.4 is 0 Å². The summed E-state index contributed by atoms with van der Waals surface area (Å²) >= 11 is 0. The van der Waals surface area contributed by atoms with Gasteiger partial charge in [-0.2, -0.15) is 0 Å². The van der Waals surface area contributed by atoms with E-state index in [0.717, 1.165) is 0 Å². The van der Waals surface area contributed by atoms with E-state index in [1.54, 1.807) is 0 Å². The second kappa shape index (κ2) is 4.43. The molecule has 0 amide bonds. The van der Waals surface area contributed by atoms with Crippen molar-refractivity contribution in [2.45, 2.75) is 26.1 Å². The first-order valence-corrected chi connectivity index (χ1v) is 7.18. The molecule has 1 atom stereocenters. The Bertz CT molecular complexity index is 221. The molecule has 0 radical (unpaired) electrons. The molecule has 0 aliphatic heterocycles. The zero-order valence-electron chi connectivity index (χ0n) is 7.95. The Morgan fingerprint density at radius 2 is 1.75 bits per heavy atom. The molecule has 0 aromatic heterocycles. The molecule has 0 saturated carbocycles. The molecule has 1 rings (SSSR count). The van der Waals surface area contributed by atoms with E-state index in [9.17, 15) is 0 Å². The van der Waals surface area contributed by atoms with E-state index in [2.05, 4.69) is 44.3 Å². The molecule has 1 aromatic carbocycles. The van der Waals surface area contributed by atoms with Crippen LogP contribution in [0.25, 0.3) is 0 Å². The van der Waals surface area contributed by atoms with Crippen molar-refractivity contribution >= 4 is 9.04 Å². The number of benzene rings is 1. The Balaban J connectivity index is 2.59. The molecule has 1 unspecified atom stereocenters. The number of hydrogen-bond donors (Lipinski definition) is 0. The average Bonchev–Trinajstić information content (AvgIpc) is 2.05. The van der Waals surface area contributed by atoms with Gasteiger partial charge in [0.1, 0.15) is 0 Å². The highest BCUT2D eigenvalue weighted by Crippen LogP contribution is 2.16. The minimum Gasteiger partial charge on any atom is -0.414 e. The third-order valence-corrected chi connectivity index (χ3v) is 2.70. The van der Waals surface area contributed by atoms with E-state index in [1.807, 2.05) is 6.07 Å². The lowest BCUT2D eigenvalue weighted by Crippen LogP contribution is -2.11. The summed E-state index contributed by atoms with van der Waals surface area (Å²) in [4.78, 5) is 0. The van der Waals surface area contributed by atoms with Gasteiger partial charge >= 0.3 is 0 Å². The fraction of sp³-hybridized carbons (Fsp3) is 0.400. The maximum Gasteiger partial charge on any atom is 0.171 e. The van der Waals surface area contributed by atoms with Crippen molar-refractivity contribution in [2.75, 3.05) is 0 Å². The third kappa shape index (κ3) is 2.79. The van der Waals surface area contributed by atoms with Crippen LogP contribution in [0.5, 0.6) is 0 Å². The summed E-state index contributed by atoms with van der Waals surface area (Å²) in [5.41, 5.74) is 1.28. The van der Waals surface area contributed by atoms with Crippen molar-refractivity contribution in [3.63, 3.8) is 0 Å². The second-order valence-electron chi connectivity index (χ2n) is 3.24. The number of hydrogen-bond acceptors (Lipinski definition) is 1. The Morgan fingerprint density at radius 1 is 1.17 bits per heavy atom. The molecule has 12 heavy (non-hydrogen) atoms. The van der Waals surface area contributed by atoms with Crippen LogP contribution in [0.1, 0.15) is 18.6 Å². The van der Waals surface area contributed by atoms with Gasteiger partial charge in [0.2, 0.25) is 0 Å². The zero-order chi connectivity index (χ0) is 8.97. The van der Waals surface area contributed by atoms with E-state index in [4.69, 9.17) is 4.43 Å². The smallest absolute Gasteiger partial charge is 0.171 e. The lowest BCUT2D eigenvalue weighted by molar-refractivity contribution is 0.231. The van der Waals surface area contributed by atoms with Gasteiger partial charge in [-0.3, -0.25) is 0 Å². The van der Waals surface area contributed by atoms with Crippen LogP contribution in [0.15, 0.2) is 30.3 Å². The van der Waals surface area contributed by atoms with Crippen LogP contribution >= 0.6 is 0 Å². The van der Waals surface area contributed by atoms with Gasteiger partial charge in [0.25, 0.3) is 0 Å². The zero-order valence-corrected chi connectivity index (χ0v) is 9.10. The fourth-order valence-corrected chi connectivity index (χ4v) is 2.18. The first kappa shape index (κ1) is 9.48. The van der Waals surface area contributed by atoms with Crippen molar-refractivity contribution in [2.24, 2.45) is 0 Å². The molecule has 66 valence electrons. The molecule has 0 spiro atoms. The van der Waals surface area contributed by atoms with Gasteiger partial charge in [-0.05, 0) is 25.6 Å². The molecular weight excluding hydrogens is 164 g/mol. The van der Waals surface area contributed by atoms with Gasteiger partial charge in [-0.15, -0.1) is 0 Å². The van der Waals surface area contributed by atoms with Crippen molar-refractivity contribution in [3.05, 3.63) is 35.9 Å². The highest BCUT2D eigenvalue weighted by Gasteiger charge is 2.06. The molecular formula is C10H16OSi. The Hall–Kier alpha value is -0.603. The van der Waals surface area contributed by atoms with Gasteiger partial charge in [0.05, 0.1) is 6.10 Å². The monoisotopic (exact) mass is 180 g/mol. The topological polar surface area (TPSA) is 9.23 Å². The largest absolute Gasteiger partial charge is 0.414 e. The summed E-state index contributed by atoms with van der Waals surface area (Å²) in [5, 5.41) is 0. The molecule has 0 aliphatic carbocycles. The first-order chi connectivity index (χ1) is 5.70. The predicted octanol–water partition coefficient (Wildman–Crippen LogP) is 2.75. The van der Waals surface area contributed by atoms with Crippen LogP contribution in [0.2, 0.25) is 13.1 Å². The second-order valence-corrected chi connectivity index (χ2v) is 5.61. The first-order valence-electron chi connectivity index (χ1n) is 4.40. The van der Waals surface area contributed by atoms with E-state index < -0.39 is 9.04 Å². The van der Waals surface area contributed by atoms with Gasteiger partial charge < -0.3 is 4.43 Å². The summed E-state index contributed by atoms with van der Waals surface area (Å²) in [5.74, 6) is 0. The van der Waals surface area contributed by atoms with E-state index in [-0.39, 0.29) is 6.10 Å². The van der Waals surface area contributed by atoms with Gasteiger partial charge in [0.15, 0.2) is 9.04 Å². The molecule has 0 fully saturated rings. The third-order valence-electron chi connectivity index (χ3n) is 1.75. The summed E-state index contributed by atoms with van der Waals surface area (Å²) in [6.45, 7) is 6.50. The van der Waals surface area contributed by atoms with E-state index in [1.165, 1.54) is 5.56 Å². The van der Waals surface area contributed by atoms with Gasteiger partial charge in [-0.1, -0.05) is 30.3 Å². The highest BCUT2D eigenvalue weighted by atomic mass is 28.3. The summed E-state index contributed by atoms with van der Waals surface area (Å²) in [7, 11) is -0.898. The maximum atomic E-state index is 5.78. The van der Waals surface area contributed by atoms with E-state index in [0.29, 0.717) is 0 Å². The molecule has 0 saturated heterocycles. The minimum atomic E-state index is -0.898. The normalized spacial score (nSPS) is 13.3. The van der Waals surface area contributed by atoms with Crippen molar-refractivity contribution in [1.82, 2.24) is 0 Å². The molecule has 0 heterocycles. The van der Waals surface area contributed by atoms with E-state index >= 15 is 0 Å². The van der Waals surface area contributed by atoms with Crippen LogP contribution in [0, 0.1) is 0 Å². The van der Waals surface area contributed by atoms with Crippen molar-refractivity contribution in [3.8, 4) is 0 Å². The SMILES string of the molecule is CC(O[SiH](C)C)c1ccccc1. The number of rotatable bonds is 3. The van der Waals surface area contributed by atoms with Crippen molar-refractivity contribution < 1.29 is 4.43 Å². The molecule has 1 nitrogen and oxygen atoms in total. The van der Waals surface area contributed by atoms with Crippen LogP contribution in [-0.4, -0.2) is 9.04 Å². The average molecular weight is 180 g/mol. The molecule has 0 aliphatic rings. The maximum absolute atomic E-state index is 5.78. The summed E-state index contributed by atoms with van der Waals surface area (Å²) < 4.78 is 5.78. The molecule has 1 aromatic rings. The predicted molar refractivity (Wildman–Crippen MR) is 54.8 cm³/mol. The molecule has 2 heteroatoms. The highest BCUT2D eigenvalue weighted by molar-refractivity contribution is 6.48. The van der Waals surface area contributed by atoms with Gasteiger partial charge in [-0.25, -0.2) is 0 Å². The lowest BCUT2D eigenvalue weighted by atomic mass is 10.1. The fourth-order valence-electron chi connectivity index (χ4n) is 1.21. The van der Waals surface area contributed by atoms with Crippen LogP contribution in [0.3, 0.4) is 0 Å². The lowest BCUT2D eigenvalue weighted by Gasteiger charge is -2.15. The quantitative estimate of drug-likeness (QED) is 0.650. The van der Waals surface area contributed by atoms with Crippen LogP contribution in [-0.2, 0) is 4.43 Å².